The van der Waals surface area contributed by atoms with E-state index in [4.69, 9.17) is 47.5 Å². The van der Waals surface area contributed by atoms with Crippen molar-refractivity contribution in [3.63, 3.8) is 0 Å². The van der Waals surface area contributed by atoms with E-state index in [-0.39, 0.29) is 16.8 Å². The second kappa shape index (κ2) is 13.0. The number of halogens is 1. The van der Waals surface area contributed by atoms with Gasteiger partial charge in [0, 0.05) is 44.0 Å². The number of benzene rings is 1. The first-order valence-electron chi connectivity index (χ1n) is 13.2. The molecule has 11 nitrogen and oxygen atoms in total. The Morgan fingerprint density at radius 3 is 2.12 bits per heavy atom. The van der Waals surface area contributed by atoms with Crippen LogP contribution in [0.2, 0.25) is 5.02 Å². The number of fused-ring (bicyclic) bond motifs is 1. The van der Waals surface area contributed by atoms with Crippen molar-refractivity contribution in [2.45, 2.75) is 77.6 Å². The zero-order valence-corrected chi connectivity index (χ0v) is 25.0. The molecule has 1 aromatic heterocycles. The van der Waals surface area contributed by atoms with Crippen LogP contribution in [0.4, 0.5) is 0 Å². The highest BCUT2D eigenvalue weighted by Crippen LogP contribution is 2.42. The summed E-state index contributed by atoms with van der Waals surface area (Å²) >= 11 is 12.0. The van der Waals surface area contributed by atoms with Crippen LogP contribution < -0.4 is 0 Å². The lowest BCUT2D eigenvalue weighted by molar-refractivity contribution is -0.269. The molecule has 0 unspecified atom stereocenters. The van der Waals surface area contributed by atoms with Crippen LogP contribution in [0, 0.1) is 16.0 Å². The Morgan fingerprint density at radius 2 is 1.55 bits per heavy atom. The molecule has 222 valence electrons. The first-order valence-corrected chi connectivity index (χ1v) is 14.0. The monoisotopic (exact) mass is 616 g/mol. The van der Waals surface area contributed by atoms with Crippen molar-refractivity contribution in [1.29, 1.82) is 5.26 Å². The molecule has 0 bridgehead atoms. The maximum Gasteiger partial charge on any atom is 0.303 e. The Morgan fingerprint density at radius 1 is 0.952 bits per heavy atom. The molecule has 0 spiro atoms. The molecule has 2 aromatic rings. The normalized spacial score (nSPS) is 22.8. The summed E-state index contributed by atoms with van der Waals surface area (Å²) in [4.78, 5) is 48.4. The van der Waals surface area contributed by atoms with E-state index >= 15 is 0 Å². The molecular formula is C29H29ClN2O9S. The number of hydrogen-bond acceptors (Lipinski definition) is 11. The molecule has 1 fully saturated rings. The van der Waals surface area contributed by atoms with Crippen molar-refractivity contribution in [1.82, 2.24) is 4.57 Å². The summed E-state index contributed by atoms with van der Waals surface area (Å²) in [5.74, 6) is -2.83. The van der Waals surface area contributed by atoms with Gasteiger partial charge in [-0.05, 0) is 42.5 Å². The Kier molecular flexibility index (Phi) is 9.66. The van der Waals surface area contributed by atoms with Gasteiger partial charge in [0.15, 0.2) is 24.5 Å². The van der Waals surface area contributed by atoms with Gasteiger partial charge in [0.25, 0.3) is 0 Å². The Labute approximate surface area is 252 Å². The molecule has 0 N–H and O–H groups in total. The smallest absolute Gasteiger partial charge is 0.303 e. The molecule has 1 aromatic carbocycles. The van der Waals surface area contributed by atoms with Crippen molar-refractivity contribution in [2.75, 3.05) is 6.61 Å². The Balaban J connectivity index is 1.96. The van der Waals surface area contributed by atoms with Crippen LogP contribution in [0.15, 0.2) is 24.3 Å². The molecule has 1 aliphatic heterocycles. The van der Waals surface area contributed by atoms with E-state index in [9.17, 15) is 24.4 Å². The van der Waals surface area contributed by atoms with Crippen molar-refractivity contribution < 1.29 is 42.9 Å². The highest BCUT2D eigenvalue weighted by atomic mass is 35.5. The summed E-state index contributed by atoms with van der Waals surface area (Å²) < 4.78 is 30.0. The lowest BCUT2D eigenvalue weighted by atomic mass is 9.93. The SMILES string of the molecule is CC(=O)OC[C@H]1O[C@@H](n2c3c(c(-c4ccc(Cl)cc4)c(C#N)c2=S)CCC3)[C@H](OC(C)=O)[C@@H](OC(C)=O)[C@H]1OC(C)=O. The van der Waals surface area contributed by atoms with Crippen LogP contribution >= 0.6 is 23.8 Å². The summed E-state index contributed by atoms with van der Waals surface area (Å²) in [6.45, 7) is 4.29. The maximum absolute atomic E-state index is 12.4. The Bertz CT molecular complexity index is 1510. The van der Waals surface area contributed by atoms with Gasteiger partial charge in [0.1, 0.15) is 23.4 Å². The molecule has 2 aliphatic rings. The molecule has 0 radical (unpaired) electrons. The molecule has 1 saturated heterocycles. The zero-order chi connectivity index (χ0) is 30.7. The highest BCUT2D eigenvalue weighted by molar-refractivity contribution is 7.71. The molecule has 0 amide bonds. The number of ether oxygens (including phenoxy) is 5. The first-order chi connectivity index (χ1) is 19.9. The van der Waals surface area contributed by atoms with Crippen molar-refractivity contribution in [3.05, 3.63) is 50.7 Å². The summed E-state index contributed by atoms with van der Waals surface area (Å²) in [6.07, 6.45) is -4.50. The minimum absolute atomic E-state index is 0.101. The van der Waals surface area contributed by atoms with E-state index in [0.29, 0.717) is 23.4 Å². The van der Waals surface area contributed by atoms with Crippen molar-refractivity contribution in [3.8, 4) is 17.2 Å². The fraction of sp³-hybridized carbons (Fsp3) is 0.448. The van der Waals surface area contributed by atoms with Gasteiger partial charge in [-0.3, -0.25) is 19.2 Å². The van der Waals surface area contributed by atoms with Crippen LogP contribution in [0.3, 0.4) is 0 Å². The minimum Gasteiger partial charge on any atom is -0.463 e. The van der Waals surface area contributed by atoms with E-state index < -0.39 is 54.5 Å². The standard InChI is InChI=1S/C29H29ClN2O9S/c1-14(33)37-13-23-25(38-15(2)34)26(39-16(3)35)27(40-17(4)36)28(41-23)32-22-7-5-6-20(22)24(21(12-31)29(32)42)18-8-10-19(30)11-9-18/h8-11,23,25-28H,5-7,13H2,1-4H3/t23-,25+,26+,27-,28-/m1/s1. The maximum atomic E-state index is 12.4. The number of pyridine rings is 1. The molecule has 1 aliphatic carbocycles. The quantitative estimate of drug-likeness (QED) is 0.251. The third-order valence-electron chi connectivity index (χ3n) is 6.93. The predicted octanol–water partition coefficient (Wildman–Crippen LogP) is 4.15. The molecular weight excluding hydrogens is 588 g/mol. The van der Waals surface area contributed by atoms with Gasteiger partial charge in [-0.2, -0.15) is 5.26 Å². The van der Waals surface area contributed by atoms with Crippen LogP contribution in [0.1, 0.15) is 57.2 Å². The predicted molar refractivity (Wildman–Crippen MR) is 150 cm³/mol. The molecule has 0 saturated carbocycles. The average molecular weight is 617 g/mol. The lowest BCUT2D eigenvalue weighted by Gasteiger charge is -2.45. The topological polar surface area (TPSA) is 143 Å². The lowest BCUT2D eigenvalue weighted by Crippen LogP contribution is -2.60. The van der Waals surface area contributed by atoms with Crippen LogP contribution in [0.5, 0.6) is 0 Å². The third-order valence-corrected chi connectivity index (χ3v) is 7.58. The second-order valence-corrected chi connectivity index (χ2v) is 10.7. The molecule has 2 heterocycles. The first kappa shape index (κ1) is 31.2. The summed E-state index contributed by atoms with van der Waals surface area (Å²) in [7, 11) is 0. The van der Waals surface area contributed by atoms with Crippen molar-refractivity contribution in [2.24, 2.45) is 0 Å². The van der Waals surface area contributed by atoms with E-state index in [2.05, 4.69) is 6.07 Å². The van der Waals surface area contributed by atoms with Crippen LogP contribution in [0.25, 0.3) is 11.1 Å². The van der Waals surface area contributed by atoms with Crippen LogP contribution in [-0.2, 0) is 55.7 Å². The number of hydrogen-bond donors (Lipinski definition) is 0. The number of rotatable bonds is 7. The highest BCUT2D eigenvalue weighted by Gasteiger charge is 2.53. The van der Waals surface area contributed by atoms with Gasteiger partial charge < -0.3 is 28.3 Å². The fourth-order valence-electron chi connectivity index (χ4n) is 5.49. The van der Waals surface area contributed by atoms with Gasteiger partial charge in [-0.15, -0.1) is 0 Å². The molecule has 42 heavy (non-hydrogen) atoms. The molecule has 4 rings (SSSR count). The number of carbonyl (C=O) groups is 4. The summed E-state index contributed by atoms with van der Waals surface area (Å²) in [5.41, 5.74) is 3.23. The Hall–Kier alpha value is -3.79. The number of aromatic nitrogens is 1. The number of esters is 4. The van der Waals surface area contributed by atoms with Crippen LogP contribution in [-0.4, -0.2) is 59.5 Å². The largest absolute Gasteiger partial charge is 0.463 e. The van der Waals surface area contributed by atoms with E-state index in [1.807, 2.05) is 12.1 Å². The zero-order valence-electron chi connectivity index (χ0n) is 23.4. The van der Waals surface area contributed by atoms with E-state index in [1.54, 1.807) is 16.7 Å². The van der Waals surface area contributed by atoms with Gasteiger partial charge in [-0.25, -0.2) is 0 Å². The van der Waals surface area contributed by atoms with Gasteiger partial charge in [0.2, 0.25) is 0 Å². The number of nitrogens with zero attached hydrogens (tertiary/aromatic N) is 2. The van der Waals surface area contributed by atoms with Gasteiger partial charge in [-0.1, -0.05) is 36.0 Å². The third kappa shape index (κ3) is 6.48. The van der Waals surface area contributed by atoms with E-state index in [1.165, 1.54) is 13.8 Å². The molecule has 5 atom stereocenters. The number of carbonyl (C=O) groups excluding carboxylic acids is 4. The molecule has 13 heteroatoms. The minimum atomic E-state index is -1.37. The van der Waals surface area contributed by atoms with Gasteiger partial charge >= 0.3 is 23.9 Å². The summed E-state index contributed by atoms with van der Waals surface area (Å²) in [6, 6.07) is 9.30. The average Bonchev–Trinajstić information content (AvgIpc) is 3.38. The van der Waals surface area contributed by atoms with Gasteiger partial charge in [0.05, 0.1) is 5.56 Å². The summed E-state index contributed by atoms with van der Waals surface area (Å²) in [5, 5.41) is 10.9. The second-order valence-electron chi connectivity index (χ2n) is 9.91. The fourth-order valence-corrected chi connectivity index (χ4v) is 5.97. The van der Waals surface area contributed by atoms with Crippen molar-refractivity contribution >= 4 is 47.7 Å². The van der Waals surface area contributed by atoms with E-state index in [0.717, 1.165) is 37.1 Å². The number of nitriles is 1.